The fourth-order valence-corrected chi connectivity index (χ4v) is 3.58. The van der Waals surface area contributed by atoms with Crippen LogP contribution in [0.3, 0.4) is 0 Å². The number of nitrogens with one attached hydrogen (secondary N) is 1. The van der Waals surface area contributed by atoms with Gasteiger partial charge in [-0.3, -0.25) is 9.36 Å². The summed E-state index contributed by atoms with van der Waals surface area (Å²) in [5.74, 6) is 6.62. The topological polar surface area (TPSA) is 66.3 Å². The molecule has 0 aliphatic carbocycles. The molecule has 0 atom stereocenters. The second kappa shape index (κ2) is 9.63. The van der Waals surface area contributed by atoms with Crippen LogP contribution in [0, 0.1) is 11.8 Å². The van der Waals surface area contributed by atoms with Crippen LogP contribution < -0.4 is 15.8 Å². The zero-order valence-electron chi connectivity index (χ0n) is 18.1. The molecule has 2 aromatic heterocycles. The van der Waals surface area contributed by atoms with E-state index in [2.05, 4.69) is 63.0 Å². The van der Waals surface area contributed by atoms with Crippen molar-refractivity contribution in [1.29, 1.82) is 0 Å². The van der Waals surface area contributed by atoms with Crippen molar-refractivity contribution < 1.29 is 0 Å². The van der Waals surface area contributed by atoms with Crippen LogP contribution in [-0.2, 0) is 6.54 Å². The number of piperazine rings is 1. The van der Waals surface area contributed by atoms with Gasteiger partial charge in [0.2, 0.25) is 5.95 Å². The van der Waals surface area contributed by atoms with Gasteiger partial charge in [-0.1, -0.05) is 12.8 Å². The lowest BCUT2D eigenvalue weighted by Gasteiger charge is -2.34. The van der Waals surface area contributed by atoms with Gasteiger partial charge in [-0.15, -0.1) is 5.92 Å². The Bertz CT molecular complexity index is 1150. The maximum absolute atomic E-state index is 12.4. The van der Waals surface area contributed by atoms with E-state index >= 15 is 0 Å². The molecule has 1 aliphatic rings. The number of likely N-dealkylation sites (N-methyl/N-ethyl adjacent to an activating group) is 1. The van der Waals surface area contributed by atoms with E-state index in [1.807, 2.05) is 12.1 Å². The molecule has 31 heavy (non-hydrogen) atoms. The smallest absolute Gasteiger partial charge is 0.253 e. The molecule has 0 amide bonds. The van der Waals surface area contributed by atoms with Crippen LogP contribution in [0.25, 0.3) is 11.0 Å². The van der Waals surface area contributed by atoms with Gasteiger partial charge in [-0.2, -0.15) is 4.98 Å². The second-order valence-corrected chi connectivity index (χ2v) is 7.80. The van der Waals surface area contributed by atoms with Crippen molar-refractivity contribution in [2.45, 2.75) is 26.3 Å². The number of anilines is 3. The number of nitrogens with zero attached hydrogens (tertiary/aromatic N) is 5. The van der Waals surface area contributed by atoms with Crippen molar-refractivity contribution in [3.8, 4) is 11.8 Å². The number of pyridine rings is 1. The monoisotopic (exact) mass is 416 g/mol. The van der Waals surface area contributed by atoms with E-state index in [-0.39, 0.29) is 5.56 Å². The zero-order valence-corrected chi connectivity index (χ0v) is 18.1. The van der Waals surface area contributed by atoms with Crippen LogP contribution in [0.5, 0.6) is 0 Å². The average Bonchev–Trinajstić information content (AvgIpc) is 2.79. The van der Waals surface area contributed by atoms with Crippen molar-refractivity contribution in [2.24, 2.45) is 0 Å². The van der Waals surface area contributed by atoms with Crippen LogP contribution >= 0.6 is 0 Å². The van der Waals surface area contributed by atoms with Gasteiger partial charge < -0.3 is 15.1 Å². The number of rotatable bonds is 5. The van der Waals surface area contributed by atoms with Gasteiger partial charge in [0.1, 0.15) is 5.65 Å². The predicted octanol–water partition coefficient (Wildman–Crippen LogP) is 3.09. The summed E-state index contributed by atoms with van der Waals surface area (Å²) >= 11 is 0. The Morgan fingerprint density at radius 3 is 2.55 bits per heavy atom. The van der Waals surface area contributed by atoms with Gasteiger partial charge in [0, 0.05) is 61.6 Å². The Labute approximate surface area is 182 Å². The summed E-state index contributed by atoms with van der Waals surface area (Å²) in [7, 11) is 2.16. The number of hydrogen-bond acceptors (Lipinski definition) is 6. The van der Waals surface area contributed by atoms with E-state index in [9.17, 15) is 4.79 Å². The maximum atomic E-state index is 12.4. The highest BCUT2D eigenvalue weighted by molar-refractivity contribution is 5.75. The summed E-state index contributed by atoms with van der Waals surface area (Å²) < 4.78 is 1.60. The minimum Gasteiger partial charge on any atom is -0.369 e. The average molecular weight is 417 g/mol. The molecular formula is C24H28N6O. The predicted molar refractivity (Wildman–Crippen MR) is 126 cm³/mol. The van der Waals surface area contributed by atoms with Crippen LogP contribution in [0.4, 0.5) is 17.3 Å². The largest absolute Gasteiger partial charge is 0.369 e. The van der Waals surface area contributed by atoms with Crippen LogP contribution in [0.15, 0.2) is 47.4 Å². The molecule has 0 unspecified atom stereocenters. The first-order chi connectivity index (χ1) is 15.1. The SMILES string of the molecule is CCCC#CCn1c(=O)ccc2cnc(Nc3ccc(N4CCN(C)CC4)cc3)nc21. The highest BCUT2D eigenvalue weighted by atomic mass is 16.1. The maximum Gasteiger partial charge on any atom is 0.253 e. The molecule has 0 saturated carbocycles. The van der Waals surface area contributed by atoms with E-state index in [1.165, 1.54) is 11.8 Å². The number of aromatic nitrogens is 3. The van der Waals surface area contributed by atoms with Gasteiger partial charge in [0.05, 0.1) is 6.54 Å². The van der Waals surface area contributed by atoms with E-state index in [1.54, 1.807) is 16.8 Å². The number of fused-ring (bicyclic) bond motifs is 1. The van der Waals surface area contributed by atoms with Crippen LogP contribution in [0.1, 0.15) is 19.8 Å². The van der Waals surface area contributed by atoms with Crippen LogP contribution in [-0.4, -0.2) is 52.7 Å². The van der Waals surface area contributed by atoms with E-state index in [4.69, 9.17) is 0 Å². The van der Waals surface area contributed by atoms with Crippen molar-refractivity contribution in [1.82, 2.24) is 19.4 Å². The molecule has 1 aliphatic heterocycles. The van der Waals surface area contributed by atoms with Crippen LogP contribution in [0.2, 0.25) is 0 Å². The quantitative estimate of drug-likeness (QED) is 0.645. The fraction of sp³-hybridized carbons (Fsp3) is 0.375. The Morgan fingerprint density at radius 1 is 1.03 bits per heavy atom. The molecule has 3 heterocycles. The highest BCUT2D eigenvalue weighted by Gasteiger charge is 2.14. The van der Waals surface area contributed by atoms with Gasteiger partial charge in [0.15, 0.2) is 0 Å². The highest BCUT2D eigenvalue weighted by Crippen LogP contribution is 2.21. The number of unbranched alkanes of at least 4 members (excludes halogenated alkanes) is 1. The lowest BCUT2D eigenvalue weighted by Crippen LogP contribution is -2.44. The Balaban J connectivity index is 1.53. The molecule has 7 nitrogen and oxygen atoms in total. The van der Waals surface area contributed by atoms with Crippen molar-refractivity contribution in [2.75, 3.05) is 43.4 Å². The molecular weight excluding hydrogens is 388 g/mol. The third kappa shape index (κ3) is 5.04. The standard InChI is InChI=1S/C24H28N6O/c1-3-4-5-6-13-30-22(31)12-7-19-18-25-24(27-23(19)30)26-20-8-10-21(11-9-20)29-16-14-28(2)15-17-29/h7-12,18H,3-4,13-17H2,1-2H3,(H,25,26,27). The summed E-state index contributed by atoms with van der Waals surface area (Å²) in [6.07, 6.45) is 3.56. The Hall–Kier alpha value is -3.37. The molecule has 1 saturated heterocycles. The molecule has 0 spiro atoms. The first-order valence-electron chi connectivity index (χ1n) is 10.8. The molecule has 1 N–H and O–H groups in total. The molecule has 1 fully saturated rings. The van der Waals surface area contributed by atoms with E-state index in [0.29, 0.717) is 18.1 Å². The van der Waals surface area contributed by atoms with Crippen molar-refractivity contribution >= 4 is 28.4 Å². The van der Waals surface area contributed by atoms with E-state index < -0.39 is 0 Å². The first-order valence-corrected chi connectivity index (χ1v) is 10.8. The number of benzene rings is 1. The van der Waals surface area contributed by atoms with Gasteiger partial charge in [-0.05, 0) is 43.8 Å². The second-order valence-electron chi connectivity index (χ2n) is 7.80. The molecule has 3 aromatic rings. The van der Waals surface area contributed by atoms with Gasteiger partial charge >= 0.3 is 0 Å². The minimum atomic E-state index is -0.112. The van der Waals surface area contributed by atoms with Gasteiger partial charge in [-0.25, -0.2) is 4.98 Å². The summed E-state index contributed by atoms with van der Waals surface area (Å²) in [6.45, 7) is 6.64. The fourth-order valence-electron chi connectivity index (χ4n) is 3.58. The molecule has 0 radical (unpaired) electrons. The summed E-state index contributed by atoms with van der Waals surface area (Å²) in [4.78, 5) is 26.1. The molecule has 7 heteroatoms. The molecule has 1 aromatic carbocycles. The third-order valence-electron chi connectivity index (χ3n) is 5.45. The minimum absolute atomic E-state index is 0.112. The lowest BCUT2D eigenvalue weighted by molar-refractivity contribution is 0.313. The normalized spacial score (nSPS) is 14.3. The summed E-state index contributed by atoms with van der Waals surface area (Å²) in [6, 6.07) is 11.6. The van der Waals surface area contributed by atoms with Crippen molar-refractivity contribution in [3.63, 3.8) is 0 Å². The zero-order chi connectivity index (χ0) is 21.6. The third-order valence-corrected chi connectivity index (χ3v) is 5.45. The lowest BCUT2D eigenvalue weighted by atomic mass is 10.2. The molecule has 0 bridgehead atoms. The summed E-state index contributed by atoms with van der Waals surface area (Å²) in [5, 5.41) is 4.07. The first kappa shape index (κ1) is 20.9. The van der Waals surface area contributed by atoms with E-state index in [0.717, 1.165) is 50.1 Å². The summed E-state index contributed by atoms with van der Waals surface area (Å²) in [5.41, 5.74) is 2.60. The Kier molecular flexibility index (Phi) is 6.48. The molecule has 160 valence electrons. The van der Waals surface area contributed by atoms with Crippen molar-refractivity contribution in [3.05, 3.63) is 52.9 Å². The Morgan fingerprint density at radius 2 is 1.81 bits per heavy atom. The molecule has 4 rings (SSSR count). The number of hydrogen-bond donors (Lipinski definition) is 1. The van der Waals surface area contributed by atoms with Gasteiger partial charge in [0.25, 0.3) is 5.56 Å².